The van der Waals surface area contributed by atoms with E-state index in [4.69, 9.17) is 0 Å². The molecule has 0 bridgehead atoms. The van der Waals surface area contributed by atoms with E-state index in [1.54, 1.807) is 6.07 Å². The van der Waals surface area contributed by atoms with Crippen LogP contribution in [0.25, 0.3) is 0 Å². The number of nitrogens with one attached hydrogen (secondary N) is 1. The van der Waals surface area contributed by atoms with Crippen molar-refractivity contribution in [1.29, 1.82) is 0 Å². The van der Waals surface area contributed by atoms with Crippen LogP contribution in [0.15, 0.2) is 18.2 Å². The molecule has 1 aliphatic heterocycles. The van der Waals surface area contributed by atoms with Gasteiger partial charge in [-0.3, -0.25) is 4.90 Å². The molecule has 1 aliphatic rings. The predicted molar refractivity (Wildman–Crippen MR) is 78.3 cm³/mol. The molecule has 1 saturated heterocycles. The monoisotopic (exact) mass is 312 g/mol. The summed E-state index contributed by atoms with van der Waals surface area (Å²) in [6.45, 7) is 5.91. The van der Waals surface area contributed by atoms with Gasteiger partial charge in [-0.25, -0.2) is 8.78 Å². The van der Waals surface area contributed by atoms with Crippen LogP contribution < -0.4 is 5.32 Å². The molecule has 1 N–H and O–H groups in total. The van der Waals surface area contributed by atoms with Crippen LogP contribution in [0.1, 0.15) is 24.9 Å². The van der Waals surface area contributed by atoms with Crippen molar-refractivity contribution < 1.29 is 8.78 Å². The van der Waals surface area contributed by atoms with Crippen LogP contribution in [-0.2, 0) is 0 Å². The smallest absolute Gasteiger partial charge is 0.159 e. The Morgan fingerprint density at radius 1 is 1.16 bits per heavy atom. The molecule has 2 nitrogen and oxygen atoms in total. The second-order valence-electron chi connectivity index (χ2n) is 4.38. The highest BCUT2D eigenvalue weighted by Gasteiger charge is 2.21. The molecule has 6 heteroatoms. The molecule has 1 aromatic carbocycles. The number of nitrogens with zero attached hydrogens (tertiary/aromatic N) is 1. The predicted octanol–water partition coefficient (Wildman–Crippen LogP) is 3.16. The lowest BCUT2D eigenvalue weighted by Gasteiger charge is -2.34. The Balaban J connectivity index is 0.00000162. The highest BCUT2D eigenvalue weighted by Crippen LogP contribution is 2.25. The summed E-state index contributed by atoms with van der Waals surface area (Å²) in [6.07, 6.45) is 0.908. The summed E-state index contributed by atoms with van der Waals surface area (Å²) in [5.74, 6) is -1.53. The quantitative estimate of drug-likeness (QED) is 0.922. The van der Waals surface area contributed by atoms with Crippen molar-refractivity contribution in [1.82, 2.24) is 10.2 Å². The average molecular weight is 313 g/mol. The van der Waals surface area contributed by atoms with E-state index in [0.717, 1.165) is 38.2 Å². The fourth-order valence-corrected chi connectivity index (χ4v) is 2.42. The molecule has 0 saturated carbocycles. The lowest BCUT2D eigenvalue weighted by Crippen LogP contribution is -2.45. The van der Waals surface area contributed by atoms with Gasteiger partial charge in [-0.1, -0.05) is 13.0 Å². The summed E-state index contributed by atoms with van der Waals surface area (Å²) < 4.78 is 26.1. The molecule has 0 radical (unpaired) electrons. The van der Waals surface area contributed by atoms with Crippen molar-refractivity contribution in [3.63, 3.8) is 0 Å². The van der Waals surface area contributed by atoms with E-state index in [2.05, 4.69) is 17.1 Å². The summed E-state index contributed by atoms with van der Waals surface area (Å²) in [7, 11) is 0. The molecule has 0 aliphatic carbocycles. The molecule has 110 valence electrons. The first-order valence-corrected chi connectivity index (χ1v) is 6.12. The van der Waals surface area contributed by atoms with E-state index in [1.807, 2.05) is 0 Å². The minimum absolute atomic E-state index is 0. The third-order valence-electron chi connectivity index (χ3n) is 3.31. The SMILES string of the molecule is CC[C@H](c1ccc(F)c(F)c1)N1CCNCC1.Cl.Cl. The lowest BCUT2D eigenvalue weighted by atomic mass is 10.0. The van der Waals surface area contributed by atoms with E-state index in [0.29, 0.717) is 0 Å². The third-order valence-corrected chi connectivity index (χ3v) is 3.31. The van der Waals surface area contributed by atoms with Gasteiger partial charge in [-0.15, -0.1) is 24.8 Å². The van der Waals surface area contributed by atoms with Crippen LogP contribution in [0.4, 0.5) is 8.78 Å². The molecule has 2 rings (SSSR count). The van der Waals surface area contributed by atoms with Crippen molar-refractivity contribution in [2.75, 3.05) is 26.2 Å². The first kappa shape index (κ1) is 18.6. The lowest BCUT2D eigenvalue weighted by molar-refractivity contribution is 0.169. The van der Waals surface area contributed by atoms with Gasteiger partial charge >= 0.3 is 0 Å². The van der Waals surface area contributed by atoms with Crippen LogP contribution in [0, 0.1) is 11.6 Å². The number of rotatable bonds is 3. The van der Waals surface area contributed by atoms with Gasteiger partial charge in [0.05, 0.1) is 0 Å². The number of benzene rings is 1. The van der Waals surface area contributed by atoms with Gasteiger partial charge in [-0.05, 0) is 24.1 Å². The van der Waals surface area contributed by atoms with Crippen molar-refractivity contribution >= 4 is 24.8 Å². The molecule has 0 spiro atoms. The second kappa shape index (κ2) is 8.69. The fraction of sp³-hybridized carbons (Fsp3) is 0.538. The normalized spacial score (nSPS) is 17.2. The van der Waals surface area contributed by atoms with E-state index in [-0.39, 0.29) is 30.9 Å². The maximum Gasteiger partial charge on any atom is 0.159 e. The van der Waals surface area contributed by atoms with Crippen LogP contribution in [0.5, 0.6) is 0 Å². The van der Waals surface area contributed by atoms with Crippen LogP contribution in [0.2, 0.25) is 0 Å². The summed E-state index contributed by atoms with van der Waals surface area (Å²) in [5.41, 5.74) is 0.869. The third kappa shape index (κ3) is 4.56. The van der Waals surface area contributed by atoms with Gasteiger partial charge in [0, 0.05) is 32.2 Å². The van der Waals surface area contributed by atoms with E-state index in [9.17, 15) is 8.78 Å². The summed E-state index contributed by atoms with van der Waals surface area (Å²) in [5, 5.41) is 3.29. The van der Waals surface area contributed by atoms with Crippen molar-refractivity contribution in [3.05, 3.63) is 35.4 Å². The van der Waals surface area contributed by atoms with E-state index in [1.165, 1.54) is 12.1 Å². The molecule has 1 fully saturated rings. The Hall–Kier alpha value is -0.420. The Kier molecular flexibility index (Phi) is 8.50. The molecule has 0 unspecified atom stereocenters. The van der Waals surface area contributed by atoms with E-state index < -0.39 is 11.6 Å². The maximum atomic E-state index is 13.2. The minimum atomic E-state index is -0.774. The van der Waals surface area contributed by atoms with Crippen LogP contribution >= 0.6 is 24.8 Å². The number of halogens is 4. The summed E-state index contributed by atoms with van der Waals surface area (Å²) >= 11 is 0. The average Bonchev–Trinajstić information content (AvgIpc) is 2.36. The Morgan fingerprint density at radius 2 is 1.79 bits per heavy atom. The van der Waals surface area contributed by atoms with Crippen molar-refractivity contribution in [2.45, 2.75) is 19.4 Å². The number of piperazine rings is 1. The first-order valence-electron chi connectivity index (χ1n) is 6.12. The van der Waals surface area contributed by atoms with Gasteiger partial charge in [-0.2, -0.15) is 0 Å². The number of hydrogen-bond acceptors (Lipinski definition) is 2. The molecule has 0 amide bonds. The first-order chi connectivity index (χ1) is 8.22. The Morgan fingerprint density at radius 3 is 2.32 bits per heavy atom. The summed E-state index contributed by atoms with van der Waals surface area (Å²) in [4.78, 5) is 2.32. The Bertz CT molecular complexity index is 385. The summed E-state index contributed by atoms with van der Waals surface area (Å²) in [6, 6.07) is 4.42. The number of hydrogen-bond donors (Lipinski definition) is 1. The topological polar surface area (TPSA) is 15.3 Å². The molecule has 19 heavy (non-hydrogen) atoms. The zero-order valence-electron chi connectivity index (χ0n) is 10.9. The molecular weight excluding hydrogens is 293 g/mol. The zero-order chi connectivity index (χ0) is 12.3. The van der Waals surface area contributed by atoms with Gasteiger partial charge in [0.15, 0.2) is 11.6 Å². The van der Waals surface area contributed by atoms with Crippen molar-refractivity contribution in [3.8, 4) is 0 Å². The van der Waals surface area contributed by atoms with Crippen LogP contribution in [-0.4, -0.2) is 31.1 Å². The zero-order valence-corrected chi connectivity index (χ0v) is 12.5. The largest absolute Gasteiger partial charge is 0.314 e. The standard InChI is InChI=1S/C13H18F2N2.2ClH/c1-2-13(17-7-5-16-6-8-17)10-3-4-11(14)12(15)9-10;;/h3-4,9,13,16H,2,5-8H2,1H3;2*1H/t13-;;/m1../s1. The molecule has 1 atom stereocenters. The fourth-order valence-electron chi connectivity index (χ4n) is 2.42. The highest BCUT2D eigenvalue weighted by molar-refractivity contribution is 5.85. The highest BCUT2D eigenvalue weighted by atomic mass is 35.5. The maximum absolute atomic E-state index is 13.2. The second-order valence-corrected chi connectivity index (χ2v) is 4.38. The minimum Gasteiger partial charge on any atom is -0.314 e. The van der Waals surface area contributed by atoms with E-state index >= 15 is 0 Å². The van der Waals surface area contributed by atoms with Gasteiger partial charge in [0.25, 0.3) is 0 Å². The van der Waals surface area contributed by atoms with Crippen molar-refractivity contribution in [2.24, 2.45) is 0 Å². The Labute approximate surface area is 125 Å². The molecule has 0 aromatic heterocycles. The molecule has 1 heterocycles. The molecule has 1 aromatic rings. The van der Waals surface area contributed by atoms with Gasteiger partial charge in [0.2, 0.25) is 0 Å². The van der Waals surface area contributed by atoms with Crippen LogP contribution in [0.3, 0.4) is 0 Å². The molecular formula is C13H20Cl2F2N2. The van der Waals surface area contributed by atoms with Gasteiger partial charge < -0.3 is 5.32 Å². The van der Waals surface area contributed by atoms with Gasteiger partial charge in [0.1, 0.15) is 0 Å².